The van der Waals surface area contributed by atoms with Crippen LogP contribution in [0, 0.1) is 17.8 Å². The average molecular weight is 537 g/mol. The van der Waals surface area contributed by atoms with Gasteiger partial charge in [-0.15, -0.1) is 0 Å². The number of nitrogens with zero attached hydrogens (tertiary/aromatic N) is 3. The number of nitrogens with one attached hydrogen (secondary N) is 1. The Morgan fingerprint density at radius 1 is 1.08 bits per heavy atom. The molecule has 0 aromatic heterocycles. The lowest BCUT2D eigenvalue weighted by Crippen LogP contribution is -2.55. The van der Waals surface area contributed by atoms with Crippen LogP contribution in [0.15, 0.2) is 0 Å². The summed E-state index contributed by atoms with van der Waals surface area (Å²) in [7, 11) is 7.12. The molecule has 3 rings (SSSR count). The van der Waals surface area contributed by atoms with Crippen molar-refractivity contribution in [3.63, 3.8) is 0 Å². The van der Waals surface area contributed by atoms with Gasteiger partial charge in [-0.25, -0.2) is 0 Å². The minimum Gasteiger partial charge on any atom is -0.379 e. The van der Waals surface area contributed by atoms with E-state index in [0.717, 1.165) is 45.1 Å². The van der Waals surface area contributed by atoms with Gasteiger partial charge in [0.25, 0.3) is 0 Å². The number of hydrogen-bond acceptors (Lipinski definition) is 6. The maximum absolute atomic E-state index is 13.6. The lowest BCUT2D eigenvalue weighted by molar-refractivity contribution is -0.144. The fourth-order valence-electron chi connectivity index (χ4n) is 7.35. The van der Waals surface area contributed by atoms with Crippen LogP contribution in [0.4, 0.5) is 0 Å². The molecule has 1 N–H and O–H groups in total. The van der Waals surface area contributed by atoms with Crippen molar-refractivity contribution in [1.29, 1.82) is 0 Å². The van der Waals surface area contributed by atoms with Crippen LogP contribution in [-0.2, 0) is 23.9 Å². The van der Waals surface area contributed by atoms with Gasteiger partial charge in [0, 0.05) is 33.9 Å². The molecule has 2 bridgehead atoms. The Labute approximate surface area is 229 Å². The lowest BCUT2D eigenvalue weighted by Gasteiger charge is -2.39. The maximum atomic E-state index is 13.6. The highest BCUT2D eigenvalue weighted by Gasteiger charge is 2.47. The van der Waals surface area contributed by atoms with Crippen molar-refractivity contribution in [2.45, 2.75) is 109 Å². The number of likely N-dealkylation sites (tertiary alicyclic amines) is 2. The Morgan fingerprint density at radius 3 is 2.34 bits per heavy atom. The van der Waals surface area contributed by atoms with Gasteiger partial charge >= 0.3 is 0 Å². The summed E-state index contributed by atoms with van der Waals surface area (Å²) < 4.78 is 11.7. The molecular formula is C29H52N4O5. The van der Waals surface area contributed by atoms with Gasteiger partial charge in [-0.05, 0) is 56.9 Å². The van der Waals surface area contributed by atoms with Crippen LogP contribution in [0.25, 0.3) is 0 Å². The van der Waals surface area contributed by atoms with E-state index in [4.69, 9.17) is 9.47 Å². The zero-order valence-corrected chi connectivity index (χ0v) is 24.9. The predicted molar refractivity (Wildman–Crippen MR) is 147 cm³/mol. The number of hydrogen-bond donors (Lipinski definition) is 1. The lowest BCUT2D eigenvalue weighted by atomic mass is 9.90. The second-order valence-electron chi connectivity index (χ2n) is 12.2. The Balaban J connectivity index is 1.64. The first-order chi connectivity index (χ1) is 18.0. The van der Waals surface area contributed by atoms with Crippen LogP contribution in [0.2, 0.25) is 0 Å². The first-order valence-electron chi connectivity index (χ1n) is 14.7. The Bertz CT molecular complexity index is 821. The van der Waals surface area contributed by atoms with Gasteiger partial charge in [0.15, 0.2) is 0 Å². The van der Waals surface area contributed by atoms with Crippen molar-refractivity contribution >= 4 is 17.7 Å². The number of ether oxygens (including phenoxy) is 2. The molecule has 1 aliphatic carbocycles. The predicted octanol–water partition coefficient (Wildman–Crippen LogP) is 2.53. The van der Waals surface area contributed by atoms with Crippen LogP contribution in [0.1, 0.15) is 72.6 Å². The number of carbonyl (C=O) groups excluding carboxylic acids is 3. The van der Waals surface area contributed by atoms with E-state index in [2.05, 4.69) is 37.9 Å². The summed E-state index contributed by atoms with van der Waals surface area (Å²) in [5.41, 5.74) is 0. The van der Waals surface area contributed by atoms with Crippen molar-refractivity contribution < 1.29 is 23.9 Å². The third-order valence-corrected chi connectivity index (χ3v) is 9.64. The summed E-state index contributed by atoms with van der Waals surface area (Å²) in [5, 5.41) is 2.91. The Hall–Kier alpha value is -1.71. The number of likely N-dealkylation sites (N-methyl/N-ethyl adjacent to an activating group) is 2. The Kier molecular flexibility index (Phi) is 11.0. The largest absolute Gasteiger partial charge is 0.379 e. The zero-order chi connectivity index (χ0) is 28.1. The molecule has 1 saturated carbocycles. The number of fused-ring (bicyclic) bond motifs is 2. The normalized spacial score (nSPS) is 28.4. The molecule has 0 radical (unpaired) electrons. The van der Waals surface area contributed by atoms with Crippen molar-refractivity contribution in [3.05, 3.63) is 0 Å². The summed E-state index contributed by atoms with van der Waals surface area (Å²) >= 11 is 0. The molecule has 2 heterocycles. The summed E-state index contributed by atoms with van der Waals surface area (Å²) in [6.07, 6.45) is 5.80. The van der Waals surface area contributed by atoms with Crippen LogP contribution in [-0.4, -0.2) is 110 Å². The van der Waals surface area contributed by atoms with Gasteiger partial charge in [-0.2, -0.15) is 0 Å². The first-order valence-corrected chi connectivity index (χ1v) is 14.7. The smallest absolute Gasteiger partial charge is 0.242 e. The van der Waals surface area contributed by atoms with E-state index < -0.39 is 6.10 Å². The van der Waals surface area contributed by atoms with Crippen molar-refractivity contribution in [3.8, 4) is 0 Å². The van der Waals surface area contributed by atoms with E-state index in [9.17, 15) is 14.4 Å². The second-order valence-corrected chi connectivity index (χ2v) is 12.2. The molecule has 2 saturated heterocycles. The molecule has 0 aromatic rings. The molecule has 3 amide bonds. The van der Waals surface area contributed by atoms with Gasteiger partial charge in [-0.3, -0.25) is 19.3 Å². The number of carbonyl (C=O) groups is 3. The fourth-order valence-corrected chi connectivity index (χ4v) is 7.35. The molecule has 8 unspecified atom stereocenters. The van der Waals surface area contributed by atoms with Crippen molar-refractivity contribution in [2.75, 3.05) is 41.4 Å². The highest BCUT2D eigenvalue weighted by atomic mass is 16.5. The van der Waals surface area contributed by atoms with Gasteiger partial charge in [-0.1, -0.05) is 34.1 Å². The summed E-state index contributed by atoms with van der Waals surface area (Å²) in [4.78, 5) is 45.7. The second kappa shape index (κ2) is 13.6. The molecule has 2 aliphatic heterocycles. The van der Waals surface area contributed by atoms with E-state index in [1.165, 1.54) is 0 Å². The molecule has 3 aliphatic rings. The average Bonchev–Trinajstić information content (AvgIpc) is 3.63. The quantitative estimate of drug-likeness (QED) is 0.389. The molecule has 3 fully saturated rings. The van der Waals surface area contributed by atoms with E-state index in [1.54, 1.807) is 26.2 Å². The van der Waals surface area contributed by atoms with Gasteiger partial charge in [0.1, 0.15) is 0 Å². The van der Waals surface area contributed by atoms with Gasteiger partial charge in [0.05, 0.1) is 43.3 Å². The number of methoxy groups -OCH3 is 2. The van der Waals surface area contributed by atoms with Gasteiger partial charge < -0.3 is 24.6 Å². The molecule has 38 heavy (non-hydrogen) atoms. The zero-order valence-electron chi connectivity index (χ0n) is 24.9. The third-order valence-electron chi connectivity index (χ3n) is 9.64. The van der Waals surface area contributed by atoms with Crippen LogP contribution in [0.3, 0.4) is 0 Å². The highest BCUT2D eigenvalue weighted by molar-refractivity contribution is 5.88. The molecule has 0 spiro atoms. The fraction of sp³-hybridized carbons (Fsp3) is 0.897. The van der Waals surface area contributed by atoms with Crippen LogP contribution in [0.5, 0.6) is 0 Å². The first kappa shape index (κ1) is 30.8. The number of rotatable bonds is 13. The van der Waals surface area contributed by atoms with E-state index in [0.29, 0.717) is 17.9 Å². The molecular weight excluding hydrogens is 484 g/mol. The molecule has 218 valence electrons. The number of amides is 3. The maximum Gasteiger partial charge on any atom is 0.242 e. The standard InChI is InChI=1S/C29H52N4O5/c1-9-19(4)26(23(37-7)16-24(34)33-14-10-11-22(33)28(38-8)18(2)3)32(6)25(35)17-30-29(36)27-20-12-13-21(15-20)31(27)5/h18-23,26-28H,9-17H2,1-8H3,(H,30,36). The SMILES string of the molecule is CCC(C)C(C(CC(=O)N1CCCC1C(OC)C(C)C)OC)N(C)C(=O)CNC(=O)C1C2CCC(C2)N1C. The molecule has 9 heteroatoms. The summed E-state index contributed by atoms with van der Waals surface area (Å²) in [5.74, 6) is 0.634. The minimum atomic E-state index is -0.444. The summed E-state index contributed by atoms with van der Waals surface area (Å²) in [6, 6.07) is 0.119. The topological polar surface area (TPSA) is 91.4 Å². The van der Waals surface area contributed by atoms with Crippen LogP contribution >= 0.6 is 0 Å². The van der Waals surface area contributed by atoms with E-state index in [-0.39, 0.29) is 60.8 Å². The highest BCUT2D eigenvalue weighted by Crippen LogP contribution is 2.41. The van der Waals surface area contributed by atoms with Crippen molar-refractivity contribution in [2.24, 2.45) is 17.8 Å². The van der Waals surface area contributed by atoms with Gasteiger partial charge in [0.2, 0.25) is 17.7 Å². The number of piperidine rings is 1. The molecule has 0 aromatic carbocycles. The monoisotopic (exact) mass is 536 g/mol. The third kappa shape index (κ3) is 6.53. The molecule has 8 atom stereocenters. The van der Waals surface area contributed by atoms with E-state index >= 15 is 0 Å². The minimum absolute atomic E-state index is 0.00482. The molecule has 9 nitrogen and oxygen atoms in total. The Morgan fingerprint density at radius 2 is 1.79 bits per heavy atom. The van der Waals surface area contributed by atoms with E-state index in [1.807, 2.05) is 11.9 Å². The van der Waals surface area contributed by atoms with Crippen LogP contribution < -0.4 is 5.32 Å². The van der Waals surface area contributed by atoms with Crippen molar-refractivity contribution in [1.82, 2.24) is 20.0 Å². The summed E-state index contributed by atoms with van der Waals surface area (Å²) in [6.45, 7) is 9.10.